The smallest absolute Gasteiger partial charge is 0.0402 e. The highest BCUT2D eigenvalue weighted by Crippen LogP contribution is 1.91. The molecule has 0 saturated heterocycles. The monoisotopic (exact) mass is 130 g/mol. The molecule has 1 N–H and O–H groups in total. The van der Waals surface area contributed by atoms with E-state index in [0.29, 0.717) is 0 Å². The lowest BCUT2D eigenvalue weighted by Crippen LogP contribution is -1.61. The average Bonchev–Trinajstić information content (AvgIpc) is 1.86. The average molecular weight is 130 g/mol. The first kappa shape index (κ1) is 11.5. The van der Waals surface area contributed by atoms with Gasteiger partial charge in [-0.15, -0.1) is 6.58 Å². The van der Waals surface area contributed by atoms with Crippen molar-refractivity contribution in [2.24, 2.45) is 0 Å². The summed E-state index contributed by atoms with van der Waals surface area (Å²) < 4.78 is 0. The molecule has 0 aromatic rings. The molecule has 0 spiro atoms. The number of aliphatic hydroxyl groups is 1. The lowest BCUT2D eigenvalue weighted by Gasteiger charge is -1.81. The molecule has 0 atom stereocenters. The van der Waals surface area contributed by atoms with Crippen molar-refractivity contribution in [1.29, 1.82) is 0 Å². The molecule has 0 unspecified atom stereocenters. The molecule has 0 aromatic carbocycles. The number of hydrogen-bond donors (Lipinski definition) is 1. The van der Waals surface area contributed by atoms with Crippen LogP contribution >= 0.6 is 0 Å². The summed E-state index contributed by atoms with van der Waals surface area (Å²) in [6, 6.07) is 0. The minimum Gasteiger partial charge on any atom is -0.397 e. The summed E-state index contributed by atoms with van der Waals surface area (Å²) in [7, 11) is 0. The third-order valence-electron chi connectivity index (χ3n) is 0.762. The molecule has 0 aliphatic heterocycles. The predicted octanol–water partition coefficient (Wildman–Crippen LogP) is 2.36. The van der Waals surface area contributed by atoms with Gasteiger partial charge in [-0.3, -0.25) is 0 Å². The van der Waals surface area contributed by atoms with Gasteiger partial charge in [0.25, 0.3) is 0 Å². The molecule has 0 fully saturated rings. The van der Waals surface area contributed by atoms with Crippen molar-refractivity contribution in [3.8, 4) is 0 Å². The van der Waals surface area contributed by atoms with Gasteiger partial charge < -0.3 is 5.11 Å². The van der Waals surface area contributed by atoms with E-state index in [4.69, 9.17) is 5.11 Å². The first-order chi connectivity index (χ1) is 4.33. The normalized spacial score (nSPS) is 7.44. The van der Waals surface area contributed by atoms with E-state index in [-0.39, 0.29) is 6.61 Å². The molecule has 0 aromatic heterocycles. The summed E-state index contributed by atoms with van der Waals surface area (Å²) in [5, 5.41) is 7.57. The zero-order valence-corrected chi connectivity index (χ0v) is 6.56. The fourth-order valence-corrected chi connectivity index (χ4v) is 0.348. The standard InChI is InChI=1S/C6H12.C2H6O/c1-3-5-6-4-2;1-2-3/h3H,1,4-6H2,2H3;3H,2H2,1H3. The second-order valence-corrected chi connectivity index (χ2v) is 1.75. The Morgan fingerprint density at radius 2 is 1.89 bits per heavy atom. The Morgan fingerprint density at radius 3 is 2.00 bits per heavy atom. The number of aliphatic hydroxyl groups excluding tert-OH is 1. The van der Waals surface area contributed by atoms with Gasteiger partial charge in [0.15, 0.2) is 0 Å². The largest absolute Gasteiger partial charge is 0.397 e. The van der Waals surface area contributed by atoms with Gasteiger partial charge in [0.05, 0.1) is 0 Å². The van der Waals surface area contributed by atoms with Gasteiger partial charge in [0.2, 0.25) is 0 Å². The van der Waals surface area contributed by atoms with Crippen LogP contribution in [0.25, 0.3) is 0 Å². The highest BCUT2D eigenvalue weighted by Gasteiger charge is 1.71. The Kier molecular flexibility index (Phi) is 20.0. The van der Waals surface area contributed by atoms with Gasteiger partial charge in [-0.2, -0.15) is 0 Å². The fourth-order valence-electron chi connectivity index (χ4n) is 0.348. The van der Waals surface area contributed by atoms with Crippen LogP contribution in [-0.4, -0.2) is 11.7 Å². The van der Waals surface area contributed by atoms with E-state index in [0.717, 1.165) is 0 Å². The molecule has 0 rings (SSSR count). The zero-order chi connectivity index (χ0) is 7.54. The van der Waals surface area contributed by atoms with E-state index in [1.165, 1.54) is 19.3 Å². The number of rotatable bonds is 3. The highest BCUT2D eigenvalue weighted by molar-refractivity contribution is 4.64. The van der Waals surface area contributed by atoms with Crippen molar-refractivity contribution in [1.82, 2.24) is 0 Å². The molecule has 0 radical (unpaired) electrons. The van der Waals surface area contributed by atoms with E-state index >= 15 is 0 Å². The Balaban J connectivity index is 0. The topological polar surface area (TPSA) is 20.2 Å². The summed E-state index contributed by atoms with van der Waals surface area (Å²) in [5.74, 6) is 0. The van der Waals surface area contributed by atoms with E-state index < -0.39 is 0 Å². The molecule has 9 heavy (non-hydrogen) atoms. The maximum absolute atomic E-state index is 7.57. The zero-order valence-electron chi connectivity index (χ0n) is 6.56. The molecule has 0 heterocycles. The maximum atomic E-state index is 7.57. The third kappa shape index (κ3) is 34.3. The van der Waals surface area contributed by atoms with Crippen LogP contribution in [0.15, 0.2) is 12.7 Å². The summed E-state index contributed by atoms with van der Waals surface area (Å²) in [6.45, 7) is 7.71. The van der Waals surface area contributed by atoms with Gasteiger partial charge in [0, 0.05) is 6.61 Å². The van der Waals surface area contributed by atoms with Crippen LogP contribution in [0.3, 0.4) is 0 Å². The second kappa shape index (κ2) is 15.6. The molecule has 0 aliphatic carbocycles. The van der Waals surface area contributed by atoms with Gasteiger partial charge >= 0.3 is 0 Å². The molecule has 1 nitrogen and oxygen atoms in total. The lowest BCUT2D eigenvalue weighted by atomic mass is 10.3. The van der Waals surface area contributed by atoms with Crippen LogP contribution in [-0.2, 0) is 0 Å². The van der Waals surface area contributed by atoms with Crippen molar-refractivity contribution < 1.29 is 5.11 Å². The molecule has 56 valence electrons. The number of allylic oxidation sites excluding steroid dienone is 1. The predicted molar refractivity (Wildman–Crippen MR) is 42.5 cm³/mol. The molecule has 0 bridgehead atoms. The maximum Gasteiger partial charge on any atom is 0.0402 e. The van der Waals surface area contributed by atoms with Crippen LogP contribution < -0.4 is 0 Å². The van der Waals surface area contributed by atoms with Gasteiger partial charge in [0.1, 0.15) is 0 Å². The van der Waals surface area contributed by atoms with Gasteiger partial charge in [-0.1, -0.05) is 25.8 Å². The summed E-state index contributed by atoms with van der Waals surface area (Å²) >= 11 is 0. The van der Waals surface area contributed by atoms with Crippen LogP contribution in [0.1, 0.15) is 33.1 Å². The van der Waals surface area contributed by atoms with Crippen molar-refractivity contribution in [3.05, 3.63) is 12.7 Å². The Labute approximate surface area is 58.4 Å². The Hall–Kier alpha value is -0.300. The second-order valence-electron chi connectivity index (χ2n) is 1.75. The molecular formula is C8H18O. The first-order valence-electron chi connectivity index (χ1n) is 3.55. The quantitative estimate of drug-likeness (QED) is 0.459. The molecular weight excluding hydrogens is 112 g/mol. The summed E-state index contributed by atoms with van der Waals surface area (Å²) in [6.07, 6.45) is 5.72. The van der Waals surface area contributed by atoms with E-state index in [1.54, 1.807) is 6.92 Å². The van der Waals surface area contributed by atoms with Crippen molar-refractivity contribution in [3.63, 3.8) is 0 Å². The lowest BCUT2D eigenvalue weighted by molar-refractivity contribution is 0.318. The van der Waals surface area contributed by atoms with Crippen LogP contribution in [0.2, 0.25) is 0 Å². The minimum atomic E-state index is 0.250. The van der Waals surface area contributed by atoms with Crippen molar-refractivity contribution in [2.75, 3.05) is 6.61 Å². The van der Waals surface area contributed by atoms with E-state index in [2.05, 4.69) is 13.5 Å². The third-order valence-corrected chi connectivity index (χ3v) is 0.762. The van der Waals surface area contributed by atoms with Crippen molar-refractivity contribution >= 4 is 0 Å². The van der Waals surface area contributed by atoms with Crippen LogP contribution in [0.5, 0.6) is 0 Å². The molecule has 0 aliphatic rings. The summed E-state index contributed by atoms with van der Waals surface area (Å²) in [5.41, 5.74) is 0. The minimum absolute atomic E-state index is 0.250. The van der Waals surface area contributed by atoms with Gasteiger partial charge in [-0.05, 0) is 13.3 Å². The Bertz CT molecular complexity index is 41.8. The number of hydrogen-bond acceptors (Lipinski definition) is 1. The van der Waals surface area contributed by atoms with Crippen LogP contribution in [0, 0.1) is 0 Å². The first-order valence-corrected chi connectivity index (χ1v) is 3.55. The molecule has 1 heteroatoms. The van der Waals surface area contributed by atoms with Crippen molar-refractivity contribution in [2.45, 2.75) is 33.1 Å². The highest BCUT2D eigenvalue weighted by atomic mass is 16.2. The number of unbranched alkanes of at least 4 members (excludes halogenated alkanes) is 2. The SMILES string of the molecule is C=CCCCC.CCO. The Morgan fingerprint density at radius 1 is 1.44 bits per heavy atom. The molecule has 0 amide bonds. The fraction of sp³-hybridized carbons (Fsp3) is 0.750. The summed E-state index contributed by atoms with van der Waals surface area (Å²) in [4.78, 5) is 0. The van der Waals surface area contributed by atoms with Crippen LogP contribution in [0.4, 0.5) is 0 Å². The van der Waals surface area contributed by atoms with E-state index in [1.807, 2.05) is 6.08 Å². The van der Waals surface area contributed by atoms with Gasteiger partial charge in [-0.25, -0.2) is 0 Å². The van der Waals surface area contributed by atoms with E-state index in [9.17, 15) is 0 Å². The molecule has 0 saturated carbocycles.